The van der Waals surface area contributed by atoms with Crippen LogP contribution in [0.2, 0.25) is 5.02 Å². The molecular weight excluding hydrogens is 435 g/mol. The number of methoxy groups -OCH3 is 1. The predicted molar refractivity (Wildman–Crippen MR) is 121 cm³/mol. The van der Waals surface area contributed by atoms with E-state index in [1.54, 1.807) is 7.11 Å². The summed E-state index contributed by atoms with van der Waals surface area (Å²) in [6.07, 6.45) is 1.47. The summed E-state index contributed by atoms with van der Waals surface area (Å²) in [7, 11) is 1.71. The number of nitrogens with two attached hydrogens (primary N) is 1. The smallest absolute Gasteiger partial charge is 0.164 e. The van der Waals surface area contributed by atoms with Crippen LogP contribution in [0.15, 0.2) is 12.4 Å². The van der Waals surface area contributed by atoms with E-state index >= 15 is 0 Å². The van der Waals surface area contributed by atoms with Crippen molar-refractivity contribution in [3.63, 3.8) is 0 Å². The van der Waals surface area contributed by atoms with Crippen LogP contribution in [0.25, 0.3) is 11.0 Å². The highest BCUT2D eigenvalue weighted by Crippen LogP contribution is 2.42. The van der Waals surface area contributed by atoms with Gasteiger partial charge in [0.05, 0.1) is 24.2 Å². The first kappa shape index (κ1) is 23.5. The molecule has 1 atom stereocenters. The molecule has 3 N–H and O–H groups in total. The van der Waals surface area contributed by atoms with E-state index in [1.165, 1.54) is 11.9 Å². The Morgan fingerprint density at radius 1 is 1.28 bits per heavy atom. The van der Waals surface area contributed by atoms with Crippen molar-refractivity contribution in [3.05, 3.63) is 39.8 Å². The molecule has 29 heavy (non-hydrogen) atoms. The molecular formula is C19H25Cl3N6O. The zero-order valence-electron chi connectivity index (χ0n) is 16.7. The maximum atomic E-state index is 6.60. The number of aromatic nitrogens is 4. The lowest BCUT2D eigenvalue weighted by Crippen LogP contribution is -2.40. The number of halogens is 3. The van der Waals surface area contributed by atoms with E-state index in [2.05, 4.69) is 27.3 Å². The lowest BCUT2D eigenvalue weighted by atomic mass is 9.86. The van der Waals surface area contributed by atoms with E-state index < -0.39 is 0 Å². The Hall–Kier alpha value is -1.80. The molecule has 1 fully saturated rings. The number of ether oxygens (including phenoxy) is 1. The van der Waals surface area contributed by atoms with E-state index in [4.69, 9.17) is 22.1 Å². The van der Waals surface area contributed by atoms with E-state index in [-0.39, 0.29) is 30.9 Å². The van der Waals surface area contributed by atoms with Gasteiger partial charge in [-0.1, -0.05) is 11.6 Å². The van der Waals surface area contributed by atoms with Crippen molar-refractivity contribution in [2.24, 2.45) is 0 Å². The summed E-state index contributed by atoms with van der Waals surface area (Å²) < 4.78 is 7.74. The molecule has 0 spiro atoms. The maximum absolute atomic E-state index is 6.60. The van der Waals surface area contributed by atoms with Crippen molar-refractivity contribution in [2.75, 3.05) is 25.9 Å². The molecule has 1 saturated heterocycles. The Balaban J connectivity index is 0.00000150. The fourth-order valence-electron chi connectivity index (χ4n) is 3.86. The number of rotatable bonds is 4. The third kappa shape index (κ3) is 3.72. The van der Waals surface area contributed by atoms with Crippen LogP contribution < -0.4 is 15.8 Å². The molecule has 7 nitrogen and oxygen atoms in total. The Labute approximate surface area is 187 Å². The third-order valence-electron chi connectivity index (χ3n) is 5.46. The topological polar surface area (TPSA) is 90.9 Å². The molecule has 1 unspecified atom stereocenters. The second-order valence-electron chi connectivity index (χ2n) is 7.04. The van der Waals surface area contributed by atoms with Crippen molar-refractivity contribution in [3.8, 4) is 5.75 Å². The second kappa shape index (κ2) is 8.92. The molecule has 3 heterocycles. The van der Waals surface area contributed by atoms with Crippen LogP contribution in [0.4, 0.5) is 5.82 Å². The summed E-state index contributed by atoms with van der Waals surface area (Å²) >= 11 is 6.60. The average molecular weight is 460 g/mol. The van der Waals surface area contributed by atoms with Crippen molar-refractivity contribution in [1.82, 2.24) is 25.1 Å². The summed E-state index contributed by atoms with van der Waals surface area (Å²) in [5.41, 5.74) is 10.8. The minimum Gasteiger partial charge on any atom is -0.496 e. The highest BCUT2D eigenvalue weighted by atomic mass is 35.5. The fourth-order valence-corrected chi connectivity index (χ4v) is 4.08. The Kier molecular flexibility index (Phi) is 7.22. The monoisotopic (exact) mass is 458 g/mol. The third-order valence-corrected chi connectivity index (χ3v) is 5.85. The van der Waals surface area contributed by atoms with Gasteiger partial charge in [0.25, 0.3) is 0 Å². The minimum absolute atomic E-state index is 0. The lowest BCUT2D eigenvalue weighted by molar-refractivity contribution is 0.374. The van der Waals surface area contributed by atoms with Crippen molar-refractivity contribution in [1.29, 1.82) is 0 Å². The summed E-state index contributed by atoms with van der Waals surface area (Å²) in [4.78, 5) is 8.50. The van der Waals surface area contributed by atoms with E-state index in [9.17, 15) is 0 Å². The van der Waals surface area contributed by atoms with Crippen LogP contribution in [0.5, 0.6) is 5.75 Å². The molecule has 1 aliphatic rings. The van der Waals surface area contributed by atoms with Gasteiger partial charge >= 0.3 is 0 Å². The van der Waals surface area contributed by atoms with Gasteiger partial charge in [-0.25, -0.2) is 14.6 Å². The number of anilines is 1. The largest absolute Gasteiger partial charge is 0.496 e. The molecule has 158 valence electrons. The molecule has 0 radical (unpaired) electrons. The summed E-state index contributed by atoms with van der Waals surface area (Å²) in [6.45, 7) is 7.89. The number of nitrogen functional groups attached to an aromatic ring is 1. The first-order valence-corrected chi connectivity index (χ1v) is 9.34. The summed E-state index contributed by atoms with van der Waals surface area (Å²) in [5.74, 6) is 1.71. The van der Waals surface area contributed by atoms with Gasteiger partial charge in [-0.2, -0.15) is 5.10 Å². The van der Waals surface area contributed by atoms with E-state index in [0.717, 1.165) is 46.1 Å². The van der Waals surface area contributed by atoms with Gasteiger partial charge in [0, 0.05) is 35.2 Å². The summed E-state index contributed by atoms with van der Waals surface area (Å²) in [5, 5.41) is 9.53. The minimum atomic E-state index is -0.129. The Bertz CT molecular complexity index is 1030. The van der Waals surface area contributed by atoms with Gasteiger partial charge in [-0.15, -0.1) is 24.8 Å². The number of aryl methyl sites for hydroxylation is 1. The first-order chi connectivity index (χ1) is 12.9. The molecule has 0 aliphatic carbocycles. The molecule has 1 aliphatic heterocycles. The summed E-state index contributed by atoms with van der Waals surface area (Å²) in [6, 6.07) is 1.85. The second-order valence-corrected chi connectivity index (χ2v) is 7.45. The highest BCUT2D eigenvalue weighted by Gasteiger charge is 2.30. The van der Waals surface area contributed by atoms with Gasteiger partial charge in [-0.3, -0.25) is 0 Å². The molecule has 3 aromatic rings. The van der Waals surface area contributed by atoms with Gasteiger partial charge in [-0.05, 0) is 32.4 Å². The van der Waals surface area contributed by atoms with Crippen molar-refractivity contribution in [2.45, 2.75) is 32.7 Å². The Morgan fingerprint density at radius 2 is 1.97 bits per heavy atom. The number of nitrogens with zero attached hydrogens (tertiary/aromatic N) is 4. The zero-order chi connectivity index (χ0) is 19.3. The van der Waals surface area contributed by atoms with E-state index in [1.807, 2.05) is 24.6 Å². The number of fused-ring (bicyclic) bond motifs is 1. The van der Waals surface area contributed by atoms with Crippen LogP contribution in [-0.2, 0) is 0 Å². The molecule has 2 aromatic heterocycles. The fraction of sp³-hybridized carbons (Fsp3) is 0.421. The quantitative estimate of drug-likeness (QED) is 0.616. The van der Waals surface area contributed by atoms with Gasteiger partial charge < -0.3 is 15.8 Å². The normalized spacial score (nSPS) is 14.7. The van der Waals surface area contributed by atoms with Gasteiger partial charge in [0.1, 0.15) is 17.9 Å². The Morgan fingerprint density at radius 3 is 2.55 bits per heavy atom. The highest BCUT2D eigenvalue weighted by molar-refractivity contribution is 6.31. The molecule has 0 saturated carbocycles. The first-order valence-electron chi connectivity index (χ1n) is 8.96. The number of hydrogen-bond acceptors (Lipinski definition) is 6. The van der Waals surface area contributed by atoms with Crippen molar-refractivity contribution >= 4 is 53.3 Å². The predicted octanol–water partition coefficient (Wildman–Crippen LogP) is 3.83. The van der Waals surface area contributed by atoms with Crippen molar-refractivity contribution < 1.29 is 4.74 Å². The standard InChI is InChI=1S/C19H23ClN6O.2ClH/c1-9-14(20)5-13(17(27-4)15(9)12-6-22-7-12)11(3)26-19-16(10(2)25-26)18(21)23-8-24-19;;/h5,8,11-12,22H,6-7H2,1-4H3,(H2,21,23,24);2*1H. The van der Waals surface area contributed by atoms with Crippen LogP contribution in [0, 0.1) is 13.8 Å². The molecule has 0 amide bonds. The maximum Gasteiger partial charge on any atom is 0.164 e. The van der Waals surface area contributed by atoms with Crippen LogP contribution in [0.1, 0.15) is 41.3 Å². The van der Waals surface area contributed by atoms with Crippen LogP contribution in [-0.4, -0.2) is 39.9 Å². The SMILES string of the molecule is COc1c(C(C)n2nc(C)c3c(N)ncnc32)cc(Cl)c(C)c1C1CNC1.Cl.Cl. The molecule has 1 aromatic carbocycles. The number of hydrogen-bond donors (Lipinski definition) is 2. The molecule has 10 heteroatoms. The van der Waals surface area contributed by atoms with Gasteiger partial charge in [0.2, 0.25) is 0 Å². The lowest BCUT2D eigenvalue weighted by Gasteiger charge is -2.32. The molecule has 4 rings (SSSR count). The average Bonchev–Trinajstić information content (AvgIpc) is 2.94. The van der Waals surface area contributed by atoms with Gasteiger partial charge in [0.15, 0.2) is 5.65 Å². The number of benzene rings is 1. The molecule has 0 bridgehead atoms. The number of nitrogens with one attached hydrogen (secondary N) is 1. The van der Waals surface area contributed by atoms with Crippen LogP contribution in [0.3, 0.4) is 0 Å². The van der Waals surface area contributed by atoms with Crippen LogP contribution >= 0.6 is 36.4 Å². The van der Waals surface area contributed by atoms with E-state index in [0.29, 0.717) is 17.4 Å². The zero-order valence-corrected chi connectivity index (χ0v) is 19.1.